The first-order chi connectivity index (χ1) is 30.3. The van der Waals surface area contributed by atoms with Gasteiger partial charge in [0.25, 0.3) is 11.8 Å². The van der Waals surface area contributed by atoms with Crippen molar-refractivity contribution in [3.63, 3.8) is 0 Å². The normalized spacial score (nSPS) is 16.7. The summed E-state index contributed by atoms with van der Waals surface area (Å²) in [7, 11) is 0. The first kappa shape index (κ1) is 40.3. The largest absolute Gasteiger partial charge is 0.459 e. The first-order valence-corrected chi connectivity index (χ1v) is 19.0. The van der Waals surface area contributed by atoms with Crippen LogP contribution in [0.5, 0.6) is 0 Å². The maximum absolute atomic E-state index is 14.3. The van der Waals surface area contributed by atoms with Crippen LogP contribution < -0.4 is 4.90 Å². The van der Waals surface area contributed by atoms with E-state index in [0.29, 0.717) is 0 Å². The number of benzene rings is 5. The molecule has 5 aromatic carbocycles. The van der Waals surface area contributed by atoms with Crippen molar-refractivity contribution in [2.45, 2.75) is 24.5 Å². The Kier molecular flexibility index (Phi) is 11.8. The summed E-state index contributed by atoms with van der Waals surface area (Å²) in [6.45, 7) is -0.523. The first-order valence-electron chi connectivity index (χ1n) is 19.0. The Bertz CT molecular complexity index is 2750. The van der Waals surface area contributed by atoms with Gasteiger partial charge in [0, 0.05) is 16.0 Å². The summed E-state index contributed by atoms with van der Waals surface area (Å²) in [4.78, 5) is 86.5. The highest BCUT2D eigenvalue weighted by atomic mass is 16.7. The standard InChI is InChI=1S/C45H32N8O9/c46-51-50-45-49-34-37(52(39(54)28-16-6-1-7-17-28)40(55)29-18-8-2-9-19-29)47-27-48-38(34)53(45)41-36(62-44(58)32-24-14-5-15-25-32)35(61-43(57)31-22-12-4-13-23-31)33(60-41)26-59-42(56)30-20-10-3-11-21-30/h1-25,27,33,35-36,41H,26H2/t33-,35-,36-,41-/m1/s1. The highest BCUT2D eigenvalue weighted by Gasteiger charge is 2.52. The second-order valence-corrected chi connectivity index (χ2v) is 13.5. The molecule has 17 nitrogen and oxygen atoms in total. The zero-order valence-electron chi connectivity index (χ0n) is 32.3. The lowest BCUT2D eigenvalue weighted by molar-refractivity contribution is -0.0599. The van der Waals surface area contributed by atoms with Gasteiger partial charge in [-0.2, -0.15) is 0 Å². The van der Waals surface area contributed by atoms with Gasteiger partial charge in [-0.25, -0.2) is 34.2 Å². The molecule has 1 aliphatic heterocycles. The number of aromatic nitrogens is 4. The van der Waals surface area contributed by atoms with Crippen molar-refractivity contribution in [1.82, 2.24) is 19.5 Å². The number of ether oxygens (including phenoxy) is 4. The number of imidazole rings is 1. The van der Waals surface area contributed by atoms with Crippen LogP contribution >= 0.6 is 0 Å². The Morgan fingerprint density at radius 2 is 1.08 bits per heavy atom. The summed E-state index contributed by atoms with van der Waals surface area (Å²) in [6, 6.07) is 40.2. The smallest absolute Gasteiger partial charge is 0.338 e. The summed E-state index contributed by atoms with van der Waals surface area (Å²) in [5.74, 6) is -4.66. The van der Waals surface area contributed by atoms with E-state index >= 15 is 0 Å². The van der Waals surface area contributed by atoms with Crippen LogP contribution in [0.25, 0.3) is 21.6 Å². The molecule has 0 saturated carbocycles. The predicted molar refractivity (Wildman–Crippen MR) is 220 cm³/mol. The number of imide groups is 1. The fourth-order valence-electron chi connectivity index (χ4n) is 6.76. The highest BCUT2D eigenvalue weighted by molar-refractivity contribution is 6.27. The zero-order chi connectivity index (χ0) is 43.0. The molecule has 17 heteroatoms. The zero-order valence-corrected chi connectivity index (χ0v) is 32.3. The molecule has 62 heavy (non-hydrogen) atoms. The van der Waals surface area contributed by atoms with Gasteiger partial charge >= 0.3 is 17.9 Å². The van der Waals surface area contributed by atoms with E-state index < -0.39 is 66.8 Å². The van der Waals surface area contributed by atoms with E-state index in [1.54, 1.807) is 103 Å². The summed E-state index contributed by atoms with van der Waals surface area (Å²) < 4.78 is 25.6. The number of carbonyl (C=O) groups excluding carboxylic acids is 5. The molecule has 1 aliphatic rings. The molecule has 1 saturated heterocycles. The average Bonchev–Trinajstić information content (AvgIpc) is 3.86. The second kappa shape index (κ2) is 18.2. The van der Waals surface area contributed by atoms with Crippen molar-refractivity contribution in [2.24, 2.45) is 5.11 Å². The molecule has 0 unspecified atom stereocenters. The fourth-order valence-corrected chi connectivity index (χ4v) is 6.76. The lowest BCUT2D eigenvalue weighted by atomic mass is 10.1. The highest BCUT2D eigenvalue weighted by Crippen LogP contribution is 2.41. The molecule has 0 bridgehead atoms. The molecule has 2 amide bonds. The maximum atomic E-state index is 14.3. The molecule has 0 spiro atoms. The molecule has 0 aliphatic carbocycles. The third kappa shape index (κ3) is 8.33. The monoisotopic (exact) mass is 828 g/mol. The van der Waals surface area contributed by atoms with Gasteiger partial charge in [-0.3, -0.25) is 14.2 Å². The molecule has 4 atom stereocenters. The number of fused-ring (bicyclic) bond motifs is 1. The Morgan fingerprint density at radius 3 is 1.56 bits per heavy atom. The quantitative estimate of drug-likeness (QED) is 0.0293. The molecule has 3 heterocycles. The lowest BCUT2D eigenvalue weighted by Crippen LogP contribution is -2.41. The molecule has 2 aromatic heterocycles. The number of hydrogen-bond donors (Lipinski definition) is 0. The third-order valence-corrected chi connectivity index (χ3v) is 9.67. The van der Waals surface area contributed by atoms with Gasteiger partial charge in [-0.15, -0.1) is 0 Å². The number of esters is 3. The van der Waals surface area contributed by atoms with E-state index in [1.165, 1.54) is 53.1 Å². The lowest BCUT2D eigenvalue weighted by Gasteiger charge is -2.25. The Morgan fingerprint density at radius 1 is 0.629 bits per heavy atom. The van der Waals surface area contributed by atoms with Gasteiger partial charge in [0.1, 0.15) is 19.0 Å². The van der Waals surface area contributed by atoms with Crippen LogP contribution in [0.2, 0.25) is 0 Å². The van der Waals surface area contributed by atoms with Gasteiger partial charge in [0.2, 0.25) is 5.95 Å². The van der Waals surface area contributed by atoms with E-state index in [1.807, 2.05) is 0 Å². The molecule has 0 radical (unpaired) electrons. The predicted octanol–water partition coefficient (Wildman–Crippen LogP) is 7.46. The van der Waals surface area contributed by atoms with Crippen LogP contribution in [0.3, 0.4) is 0 Å². The maximum Gasteiger partial charge on any atom is 0.338 e. The third-order valence-electron chi connectivity index (χ3n) is 9.67. The molecule has 1 fully saturated rings. The summed E-state index contributed by atoms with van der Waals surface area (Å²) in [5.41, 5.74) is 10.3. The van der Waals surface area contributed by atoms with Crippen LogP contribution in [0.15, 0.2) is 163 Å². The minimum atomic E-state index is -1.58. The molecular weight excluding hydrogens is 797 g/mol. The molecule has 8 rings (SSSR count). The van der Waals surface area contributed by atoms with Crippen LogP contribution in [0.4, 0.5) is 11.8 Å². The van der Waals surface area contributed by atoms with Crippen molar-refractivity contribution >= 4 is 52.7 Å². The van der Waals surface area contributed by atoms with E-state index in [0.717, 1.165) is 11.2 Å². The number of rotatable bonds is 12. The molecule has 306 valence electrons. The van der Waals surface area contributed by atoms with Crippen LogP contribution in [-0.2, 0) is 18.9 Å². The summed E-state index contributed by atoms with van der Waals surface area (Å²) in [6.07, 6.45) is -4.91. The SMILES string of the molecule is [N-]=[N+]=Nc1nc2c(N(C(=O)c3ccccc3)C(=O)c3ccccc3)ncnc2n1[C@@H]1O[C@H](COC(=O)c2ccccc2)[C@@H](OC(=O)c2ccccc2)[C@H]1OC(=O)c1ccccc1. The van der Waals surface area contributed by atoms with E-state index in [4.69, 9.17) is 18.9 Å². The van der Waals surface area contributed by atoms with Gasteiger partial charge in [-0.1, -0.05) is 91.0 Å². The van der Waals surface area contributed by atoms with E-state index in [2.05, 4.69) is 25.0 Å². The van der Waals surface area contributed by atoms with Crippen LogP contribution in [0.1, 0.15) is 58.0 Å². The number of anilines is 1. The molecule has 0 N–H and O–H groups in total. The molecule has 7 aromatic rings. The van der Waals surface area contributed by atoms with E-state index in [9.17, 15) is 29.5 Å². The van der Waals surface area contributed by atoms with Crippen molar-refractivity contribution in [3.05, 3.63) is 196 Å². The Balaban J connectivity index is 1.28. The number of amides is 2. The Hall–Kier alpha value is -8.53. The number of azide groups is 1. The Labute approximate surface area is 351 Å². The molecular formula is C45H32N8O9. The van der Waals surface area contributed by atoms with Crippen molar-refractivity contribution in [3.8, 4) is 0 Å². The minimum absolute atomic E-state index is 0.128. The van der Waals surface area contributed by atoms with Crippen LogP contribution in [-0.4, -0.2) is 74.2 Å². The number of nitrogens with zero attached hydrogens (tertiary/aromatic N) is 8. The van der Waals surface area contributed by atoms with Crippen LogP contribution in [0, 0.1) is 0 Å². The van der Waals surface area contributed by atoms with Gasteiger partial charge in [-0.05, 0) is 71.3 Å². The van der Waals surface area contributed by atoms with Crippen molar-refractivity contribution in [1.29, 1.82) is 0 Å². The topological polar surface area (TPSA) is 218 Å². The number of carbonyl (C=O) groups is 5. The van der Waals surface area contributed by atoms with Crippen molar-refractivity contribution in [2.75, 3.05) is 11.5 Å². The van der Waals surface area contributed by atoms with Gasteiger partial charge in [0.05, 0.1) is 16.7 Å². The summed E-state index contributed by atoms with van der Waals surface area (Å²) >= 11 is 0. The fraction of sp³-hybridized carbons (Fsp3) is 0.111. The summed E-state index contributed by atoms with van der Waals surface area (Å²) in [5, 5.41) is 3.80. The number of hydrogen-bond acceptors (Lipinski definition) is 13. The minimum Gasteiger partial charge on any atom is -0.459 e. The van der Waals surface area contributed by atoms with Crippen molar-refractivity contribution < 1.29 is 42.9 Å². The average molecular weight is 829 g/mol. The van der Waals surface area contributed by atoms with E-state index in [-0.39, 0.29) is 44.8 Å². The van der Waals surface area contributed by atoms with Gasteiger partial charge < -0.3 is 18.9 Å². The van der Waals surface area contributed by atoms with Gasteiger partial charge in [0.15, 0.2) is 35.4 Å². The second-order valence-electron chi connectivity index (χ2n) is 13.5.